The molecule has 0 fully saturated rings. The lowest BCUT2D eigenvalue weighted by Gasteiger charge is -2.20. The summed E-state index contributed by atoms with van der Waals surface area (Å²) in [5.74, 6) is -0.0532. The summed E-state index contributed by atoms with van der Waals surface area (Å²) in [6, 6.07) is -0.623. The number of allylic oxidation sites excluding steroid dienone is 5. The molecule has 0 aromatic heterocycles. The van der Waals surface area contributed by atoms with E-state index in [1.165, 1.54) is 321 Å². The zero-order chi connectivity index (χ0) is 57.8. The first kappa shape index (κ1) is 78.1. The van der Waals surface area contributed by atoms with Crippen LogP contribution in [0.15, 0.2) is 36.5 Å². The first-order chi connectivity index (χ1) is 39.5. The fourth-order valence-corrected chi connectivity index (χ4v) is 11.4. The van der Waals surface area contributed by atoms with Crippen LogP contribution in [-0.2, 0) is 14.3 Å². The van der Waals surface area contributed by atoms with Gasteiger partial charge in [0.25, 0.3) is 0 Å². The zero-order valence-corrected chi connectivity index (χ0v) is 54.1. The van der Waals surface area contributed by atoms with Crippen LogP contribution in [-0.4, -0.2) is 47.4 Å². The molecule has 472 valence electrons. The van der Waals surface area contributed by atoms with Crippen molar-refractivity contribution in [1.29, 1.82) is 0 Å². The number of aliphatic hydroxyl groups is 2. The van der Waals surface area contributed by atoms with E-state index in [-0.39, 0.29) is 18.5 Å². The highest BCUT2D eigenvalue weighted by atomic mass is 16.5. The van der Waals surface area contributed by atoms with Gasteiger partial charge >= 0.3 is 5.97 Å². The van der Waals surface area contributed by atoms with Gasteiger partial charge in [-0.1, -0.05) is 365 Å². The lowest BCUT2D eigenvalue weighted by molar-refractivity contribution is -0.143. The quantitative estimate of drug-likeness (QED) is 0.0320. The van der Waals surface area contributed by atoms with Crippen LogP contribution >= 0.6 is 0 Å². The Morgan fingerprint density at radius 1 is 0.350 bits per heavy atom. The Labute approximate surface area is 500 Å². The Bertz CT molecular complexity index is 1300. The van der Waals surface area contributed by atoms with Crippen LogP contribution < -0.4 is 5.32 Å². The highest BCUT2D eigenvalue weighted by Gasteiger charge is 2.18. The molecule has 0 saturated carbocycles. The first-order valence-corrected chi connectivity index (χ1v) is 36.3. The van der Waals surface area contributed by atoms with Gasteiger partial charge in [0.1, 0.15) is 0 Å². The van der Waals surface area contributed by atoms with Crippen molar-refractivity contribution < 1.29 is 24.5 Å². The zero-order valence-electron chi connectivity index (χ0n) is 54.1. The van der Waals surface area contributed by atoms with Gasteiger partial charge in [-0.15, -0.1) is 0 Å². The summed E-state index contributed by atoms with van der Waals surface area (Å²) < 4.78 is 5.48. The molecule has 6 heteroatoms. The van der Waals surface area contributed by atoms with E-state index in [2.05, 4.69) is 43.5 Å². The predicted molar refractivity (Wildman–Crippen MR) is 352 cm³/mol. The fraction of sp³-hybridized carbons (Fsp3) is 0.892. The molecule has 0 aliphatic carbocycles. The van der Waals surface area contributed by atoms with E-state index < -0.39 is 12.1 Å². The van der Waals surface area contributed by atoms with Crippen LogP contribution in [0.3, 0.4) is 0 Å². The van der Waals surface area contributed by atoms with Crippen LogP contribution in [0.2, 0.25) is 0 Å². The molecule has 0 aromatic rings. The lowest BCUT2D eigenvalue weighted by Crippen LogP contribution is -2.45. The van der Waals surface area contributed by atoms with Crippen LogP contribution in [0.4, 0.5) is 0 Å². The molecule has 0 spiro atoms. The molecule has 6 nitrogen and oxygen atoms in total. The number of nitrogens with one attached hydrogen (secondary N) is 1. The van der Waals surface area contributed by atoms with Crippen LogP contribution in [0, 0.1) is 0 Å². The minimum atomic E-state index is -0.840. The highest BCUT2D eigenvalue weighted by molar-refractivity contribution is 5.76. The SMILES string of the molecule is CCC/C=C\C/C=C\CCCCCCCC(=O)OCCCCCCCCCCCCCCCCCCCCCCCCCCCCCCCCCCCCCC(=O)NC(CO)C(O)/C=C/CCCCCCCCCCCCCCC. The molecular formula is C74H141NO5. The highest BCUT2D eigenvalue weighted by Crippen LogP contribution is 2.19. The first-order valence-electron chi connectivity index (χ1n) is 36.3. The molecule has 0 rings (SSSR count). The summed E-state index contributed by atoms with van der Waals surface area (Å²) in [5.41, 5.74) is 0. The van der Waals surface area contributed by atoms with E-state index in [1.54, 1.807) is 6.08 Å². The Morgan fingerprint density at radius 3 is 1.00 bits per heavy atom. The molecule has 3 N–H and O–H groups in total. The van der Waals surface area contributed by atoms with E-state index in [0.29, 0.717) is 19.4 Å². The van der Waals surface area contributed by atoms with E-state index in [0.717, 1.165) is 51.4 Å². The third-order valence-corrected chi connectivity index (χ3v) is 16.9. The molecular weight excluding hydrogens is 983 g/mol. The molecule has 0 radical (unpaired) electrons. The normalized spacial score (nSPS) is 12.7. The number of aliphatic hydroxyl groups excluding tert-OH is 2. The molecule has 1 amide bonds. The minimum Gasteiger partial charge on any atom is -0.466 e. The molecule has 80 heavy (non-hydrogen) atoms. The van der Waals surface area contributed by atoms with Gasteiger partial charge in [0.2, 0.25) is 5.91 Å². The minimum absolute atomic E-state index is 0.00718. The number of rotatable bonds is 68. The van der Waals surface area contributed by atoms with Crippen molar-refractivity contribution in [3.63, 3.8) is 0 Å². The van der Waals surface area contributed by atoms with E-state index in [9.17, 15) is 19.8 Å². The fourth-order valence-electron chi connectivity index (χ4n) is 11.4. The van der Waals surface area contributed by atoms with Gasteiger partial charge in [0.15, 0.2) is 0 Å². The summed E-state index contributed by atoms with van der Waals surface area (Å²) in [4.78, 5) is 24.5. The summed E-state index contributed by atoms with van der Waals surface area (Å²) in [6.45, 7) is 4.86. The molecule has 0 saturated heterocycles. The Hall–Kier alpha value is -1.92. The summed E-state index contributed by atoms with van der Waals surface area (Å²) in [6.07, 6.45) is 89.6. The summed E-state index contributed by atoms with van der Waals surface area (Å²) in [5, 5.41) is 23.2. The van der Waals surface area contributed by atoms with Crippen molar-refractivity contribution in [2.75, 3.05) is 13.2 Å². The van der Waals surface area contributed by atoms with Gasteiger partial charge in [0, 0.05) is 12.8 Å². The number of carbonyl (C=O) groups is 2. The topological polar surface area (TPSA) is 95.9 Å². The monoisotopic (exact) mass is 1120 g/mol. The van der Waals surface area contributed by atoms with Gasteiger partial charge in [-0.3, -0.25) is 9.59 Å². The second-order valence-corrected chi connectivity index (χ2v) is 24.9. The maximum absolute atomic E-state index is 12.5. The number of carbonyl (C=O) groups excluding carboxylic acids is 2. The molecule has 0 aromatic carbocycles. The third kappa shape index (κ3) is 65.2. The van der Waals surface area contributed by atoms with E-state index in [1.807, 2.05) is 6.08 Å². The van der Waals surface area contributed by atoms with Gasteiger partial charge < -0.3 is 20.3 Å². The van der Waals surface area contributed by atoms with Crippen molar-refractivity contribution >= 4 is 11.9 Å². The molecule has 0 aliphatic heterocycles. The number of unbranched alkanes of at least 4 members (excludes halogenated alkanes) is 53. The van der Waals surface area contributed by atoms with Gasteiger partial charge in [-0.2, -0.15) is 0 Å². The average molecular weight is 1120 g/mol. The number of ether oxygens (including phenoxy) is 1. The van der Waals surface area contributed by atoms with E-state index >= 15 is 0 Å². The summed E-state index contributed by atoms with van der Waals surface area (Å²) >= 11 is 0. The largest absolute Gasteiger partial charge is 0.466 e. The number of hydrogen-bond acceptors (Lipinski definition) is 5. The number of hydrogen-bond donors (Lipinski definition) is 3. The number of amides is 1. The maximum atomic E-state index is 12.5. The Balaban J connectivity index is 3.32. The van der Waals surface area contributed by atoms with Crippen molar-refractivity contribution in [1.82, 2.24) is 5.32 Å². The van der Waals surface area contributed by atoms with Crippen molar-refractivity contribution in [3.8, 4) is 0 Å². The van der Waals surface area contributed by atoms with Crippen molar-refractivity contribution in [2.45, 2.75) is 411 Å². The standard InChI is InChI=1S/C74H141NO5/c1-3-5-7-9-11-13-15-17-39-43-46-50-54-58-62-66-72(77)71(70-76)75-73(78)67-63-59-55-51-47-44-40-37-35-33-31-29-27-25-23-21-19-18-20-22-24-26-28-30-32-34-36-38-41-45-49-53-57-61-65-69-80-74(79)68-64-60-56-52-48-42-16-14-12-10-8-6-4-2/h8,10,14,16,62,66,71-72,76-77H,3-7,9,11-13,15,17-61,63-65,67-70H2,1-2H3,(H,75,78)/b10-8-,16-14-,66-62+. The van der Waals surface area contributed by atoms with Gasteiger partial charge in [-0.05, 0) is 57.8 Å². The van der Waals surface area contributed by atoms with Crippen molar-refractivity contribution in [2.24, 2.45) is 0 Å². The predicted octanol–water partition coefficient (Wildman–Crippen LogP) is 23.5. The smallest absolute Gasteiger partial charge is 0.305 e. The van der Waals surface area contributed by atoms with Crippen LogP contribution in [0.25, 0.3) is 0 Å². The second-order valence-electron chi connectivity index (χ2n) is 24.9. The van der Waals surface area contributed by atoms with Crippen LogP contribution in [0.5, 0.6) is 0 Å². The van der Waals surface area contributed by atoms with Crippen LogP contribution in [0.1, 0.15) is 399 Å². The van der Waals surface area contributed by atoms with E-state index in [4.69, 9.17) is 4.74 Å². The summed E-state index contributed by atoms with van der Waals surface area (Å²) in [7, 11) is 0. The molecule has 0 aliphatic rings. The van der Waals surface area contributed by atoms with Gasteiger partial charge in [-0.25, -0.2) is 0 Å². The average Bonchev–Trinajstić information content (AvgIpc) is 3.46. The molecule has 0 heterocycles. The third-order valence-electron chi connectivity index (χ3n) is 16.9. The maximum Gasteiger partial charge on any atom is 0.305 e. The Morgan fingerprint density at radius 2 is 0.650 bits per heavy atom. The lowest BCUT2D eigenvalue weighted by atomic mass is 10.0. The van der Waals surface area contributed by atoms with Gasteiger partial charge in [0.05, 0.1) is 25.4 Å². The second kappa shape index (κ2) is 69.6. The molecule has 2 unspecified atom stereocenters. The Kier molecular flexibility index (Phi) is 67.9. The molecule has 2 atom stereocenters. The van der Waals surface area contributed by atoms with Crippen molar-refractivity contribution in [3.05, 3.63) is 36.5 Å². The number of esters is 1. The molecule has 0 bridgehead atoms.